The van der Waals surface area contributed by atoms with Crippen LogP contribution in [0.1, 0.15) is 25.3 Å². The fraction of sp³-hybridized carbons (Fsp3) is 0.429. The van der Waals surface area contributed by atoms with Crippen molar-refractivity contribution in [1.82, 2.24) is 10.3 Å². The van der Waals surface area contributed by atoms with Gasteiger partial charge in [0.25, 0.3) is 0 Å². The number of ether oxygens (including phenoxy) is 1. The van der Waals surface area contributed by atoms with Gasteiger partial charge in [0.2, 0.25) is 0 Å². The van der Waals surface area contributed by atoms with E-state index >= 15 is 0 Å². The number of benzene rings is 1. The summed E-state index contributed by atoms with van der Waals surface area (Å²) >= 11 is 5.21. The number of nitrogens with zero attached hydrogens (tertiary/aromatic N) is 2. The van der Waals surface area contributed by atoms with Crippen molar-refractivity contribution in [2.75, 3.05) is 20.7 Å². The summed E-state index contributed by atoms with van der Waals surface area (Å²) in [6.07, 6.45) is 3.86. The molecule has 0 radical (unpaired) electrons. The maximum Gasteiger partial charge on any atom is 0.189 e. The maximum absolute atomic E-state index is 9.51. The van der Waals surface area contributed by atoms with E-state index in [1.165, 1.54) is 7.11 Å². The minimum Gasteiger partial charge on any atom is -0.504 e. The van der Waals surface area contributed by atoms with Gasteiger partial charge in [-0.15, -0.1) is 0 Å². The molecule has 2 N–H and O–H groups in total. The Balaban J connectivity index is 2.60. The van der Waals surface area contributed by atoms with Crippen molar-refractivity contribution in [2.24, 2.45) is 5.10 Å². The molecule has 0 aliphatic heterocycles. The highest BCUT2D eigenvalue weighted by Gasteiger charge is 2.03. The number of thiocarbonyl (C=S) groups is 1. The van der Waals surface area contributed by atoms with Crippen LogP contribution in [0.2, 0.25) is 0 Å². The lowest BCUT2D eigenvalue weighted by molar-refractivity contribution is 0.373. The molecule has 1 rings (SSSR count). The lowest BCUT2D eigenvalue weighted by Crippen LogP contribution is -2.34. The Morgan fingerprint density at radius 3 is 2.95 bits per heavy atom. The summed E-state index contributed by atoms with van der Waals surface area (Å²) in [7, 11) is 3.30. The second kappa shape index (κ2) is 8.37. The van der Waals surface area contributed by atoms with Crippen LogP contribution in [0.25, 0.3) is 0 Å². The van der Waals surface area contributed by atoms with Gasteiger partial charge in [-0.25, -0.2) is 5.01 Å². The molecule has 110 valence electrons. The topological polar surface area (TPSA) is 57.1 Å². The molecule has 0 aliphatic rings. The van der Waals surface area contributed by atoms with Gasteiger partial charge >= 0.3 is 0 Å². The zero-order chi connectivity index (χ0) is 15.0. The van der Waals surface area contributed by atoms with Crippen LogP contribution in [-0.2, 0) is 0 Å². The molecule has 0 unspecified atom stereocenters. The largest absolute Gasteiger partial charge is 0.504 e. The van der Waals surface area contributed by atoms with Crippen molar-refractivity contribution >= 4 is 23.5 Å². The highest BCUT2D eigenvalue weighted by atomic mass is 32.1. The van der Waals surface area contributed by atoms with Gasteiger partial charge in [0, 0.05) is 13.6 Å². The minimum absolute atomic E-state index is 0.106. The summed E-state index contributed by atoms with van der Waals surface area (Å²) in [6.45, 7) is 2.98. The van der Waals surface area contributed by atoms with Crippen molar-refractivity contribution in [3.05, 3.63) is 23.8 Å². The minimum atomic E-state index is 0.106. The van der Waals surface area contributed by atoms with Crippen LogP contribution in [0, 0.1) is 0 Å². The first-order valence-electron chi connectivity index (χ1n) is 6.51. The Kier molecular flexibility index (Phi) is 6.79. The standard InChI is InChI=1S/C14H21N3O2S/c1-4-5-8-15-14(20)17(2)16-10-11-6-7-12(18)13(9-11)19-3/h6-7,9-10,18H,4-5,8H2,1-3H3,(H,15,20). The fourth-order valence-electron chi connectivity index (χ4n) is 1.47. The predicted octanol–water partition coefficient (Wildman–Crippen LogP) is 2.34. The van der Waals surface area contributed by atoms with E-state index in [1.807, 2.05) is 0 Å². The first-order chi connectivity index (χ1) is 9.58. The molecule has 0 amide bonds. The molecular formula is C14H21N3O2S. The number of hydrazone groups is 1. The number of rotatable bonds is 6. The Morgan fingerprint density at radius 2 is 2.30 bits per heavy atom. The monoisotopic (exact) mass is 295 g/mol. The molecule has 0 fully saturated rings. The number of hydrogen-bond donors (Lipinski definition) is 2. The molecular weight excluding hydrogens is 274 g/mol. The number of hydrogen-bond acceptors (Lipinski definition) is 4. The molecule has 20 heavy (non-hydrogen) atoms. The van der Waals surface area contributed by atoms with Crippen molar-refractivity contribution in [1.29, 1.82) is 0 Å². The quantitative estimate of drug-likeness (QED) is 0.365. The van der Waals surface area contributed by atoms with E-state index in [4.69, 9.17) is 17.0 Å². The number of unbranched alkanes of at least 4 members (excludes halogenated alkanes) is 1. The van der Waals surface area contributed by atoms with Crippen molar-refractivity contribution in [2.45, 2.75) is 19.8 Å². The van der Waals surface area contributed by atoms with Crippen LogP contribution >= 0.6 is 12.2 Å². The summed E-state index contributed by atoms with van der Waals surface area (Å²) in [5, 5.41) is 19.1. The second-order valence-electron chi connectivity index (χ2n) is 4.28. The van der Waals surface area contributed by atoms with Crippen molar-refractivity contribution < 1.29 is 9.84 Å². The van der Waals surface area contributed by atoms with Crippen LogP contribution in [0.5, 0.6) is 11.5 Å². The van der Waals surface area contributed by atoms with Crippen LogP contribution < -0.4 is 10.1 Å². The highest BCUT2D eigenvalue weighted by molar-refractivity contribution is 7.80. The molecule has 0 aromatic heterocycles. The SMILES string of the molecule is CCCCNC(=S)N(C)N=Cc1ccc(O)c(OC)c1. The lowest BCUT2D eigenvalue weighted by atomic mass is 10.2. The third kappa shape index (κ3) is 5.05. The van der Waals surface area contributed by atoms with E-state index < -0.39 is 0 Å². The van der Waals surface area contributed by atoms with Crippen LogP contribution in [0.15, 0.2) is 23.3 Å². The summed E-state index contributed by atoms with van der Waals surface area (Å²) in [5.74, 6) is 0.523. The van der Waals surface area contributed by atoms with Crippen LogP contribution in [0.4, 0.5) is 0 Å². The van der Waals surface area contributed by atoms with E-state index in [1.54, 1.807) is 36.5 Å². The molecule has 1 aromatic carbocycles. The molecule has 0 heterocycles. The molecule has 1 aromatic rings. The number of methoxy groups -OCH3 is 1. The first-order valence-corrected chi connectivity index (χ1v) is 6.91. The number of phenols is 1. The van der Waals surface area contributed by atoms with Crippen molar-refractivity contribution in [3.8, 4) is 11.5 Å². The lowest BCUT2D eigenvalue weighted by Gasteiger charge is -2.15. The molecule has 0 bridgehead atoms. The molecule has 0 saturated carbocycles. The summed E-state index contributed by atoms with van der Waals surface area (Å²) < 4.78 is 5.04. The van der Waals surface area contributed by atoms with E-state index in [2.05, 4.69) is 17.3 Å². The molecule has 5 nitrogen and oxygen atoms in total. The normalized spacial score (nSPS) is 10.6. The molecule has 6 heteroatoms. The van der Waals surface area contributed by atoms with E-state index in [-0.39, 0.29) is 5.75 Å². The Hall–Kier alpha value is -1.82. The zero-order valence-electron chi connectivity index (χ0n) is 12.1. The Morgan fingerprint density at radius 1 is 1.55 bits per heavy atom. The van der Waals surface area contributed by atoms with Crippen molar-refractivity contribution in [3.63, 3.8) is 0 Å². The second-order valence-corrected chi connectivity index (χ2v) is 4.67. The predicted molar refractivity (Wildman–Crippen MR) is 85.5 cm³/mol. The van der Waals surface area contributed by atoms with E-state index in [0.29, 0.717) is 10.9 Å². The van der Waals surface area contributed by atoms with Crippen LogP contribution in [0.3, 0.4) is 0 Å². The van der Waals surface area contributed by atoms with E-state index in [9.17, 15) is 5.11 Å². The van der Waals surface area contributed by atoms with Gasteiger partial charge in [-0.1, -0.05) is 13.3 Å². The van der Waals surface area contributed by atoms with Gasteiger partial charge in [0.15, 0.2) is 16.6 Å². The van der Waals surface area contributed by atoms with Crippen LogP contribution in [-0.4, -0.2) is 42.1 Å². The molecule has 0 atom stereocenters. The van der Waals surface area contributed by atoms with Gasteiger partial charge < -0.3 is 15.2 Å². The third-order valence-corrected chi connectivity index (χ3v) is 3.09. The Bertz CT molecular complexity index is 477. The Labute approximate surface area is 125 Å². The fourth-order valence-corrected chi connectivity index (χ4v) is 1.62. The molecule has 0 saturated heterocycles. The number of aromatic hydroxyl groups is 1. The molecule has 0 aliphatic carbocycles. The smallest absolute Gasteiger partial charge is 0.189 e. The third-order valence-electron chi connectivity index (χ3n) is 2.68. The van der Waals surface area contributed by atoms with Gasteiger partial charge in [-0.2, -0.15) is 5.10 Å². The summed E-state index contributed by atoms with van der Waals surface area (Å²) in [5.41, 5.74) is 0.822. The summed E-state index contributed by atoms with van der Waals surface area (Å²) in [6, 6.07) is 5.03. The first kappa shape index (κ1) is 16.2. The number of phenolic OH excluding ortho intramolecular Hbond substituents is 1. The van der Waals surface area contributed by atoms with Gasteiger partial charge in [-0.05, 0) is 42.4 Å². The number of nitrogens with one attached hydrogen (secondary N) is 1. The summed E-state index contributed by atoms with van der Waals surface area (Å²) in [4.78, 5) is 0. The zero-order valence-corrected chi connectivity index (χ0v) is 12.9. The van der Waals surface area contributed by atoms with Gasteiger partial charge in [0.05, 0.1) is 13.3 Å². The van der Waals surface area contributed by atoms with Gasteiger partial charge in [-0.3, -0.25) is 0 Å². The molecule has 0 spiro atoms. The maximum atomic E-state index is 9.51. The highest BCUT2D eigenvalue weighted by Crippen LogP contribution is 2.25. The average molecular weight is 295 g/mol. The average Bonchev–Trinajstić information content (AvgIpc) is 2.46. The van der Waals surface area contributed by atoms with Gasteiger partial charge in [0.1, 0.15) is 0 Å². The van der Waals surface area contributed by atoms with E-state index in [0.717, 1.165) is 24.9 Å².